The van der Waals surface area contributed by atoms with E-state index in [4.69, 9.17) is 0 Å². The van der Waals surface area contributed by atoms with E-state index in [1.807, 2.05) is 0 Å². The van der Waals surface area contributed by atoms with Gasteiger partial charge in [0.25, 0.3) is 0 Å². The maximum absolute atomic E-state index is 2.38. The summed E-state index contributed by atoms with van der Waals surface area (Å²) in [6.45, 7) is 6.83. The minimum absolute atomic E-state index is 0. The molecule has 1 aliphatic carbocycles. The van der Waals surface area contributed by atoms with Crippen molar-refractivity contribution < 1.29 is 0 Å². The molecule has 14 heavy (non-hydrogen) atoms. The van der Waals surface area contributed by atoms with Crippen LogP contribution in [0, 0.1) is 0 Å². The molecule has 0 spiro atoms. The summed E-state index contributed by atoms with van der Waals surface area (Å²) in [7, 11) is 2.18. The van der Waals surface area contributed by atoms with Crippen LogP contribution in [-0.2, 0) is 0 Å². The molecular formula is C12H18IN. The van der Waals surface area contributed by atoms with Crippen molar-refractivity contribution in [3.05, 3.63) is 35.1 Å². The third-order valence-electron chi connectivity index (χ3n) is 3.59. The number of allylic oxidation sites excluding steroid dienone is 4. The Hall–Kier alpha value is -0.250. The van der Waals surface area contributed by atoms with Gasteiger partial charge in [-0.3, -0.25) is 0 Å². The maximum Gasteiger partial charge on any atom is 0.0558 e. The number of hydrogen-bond donors (Lipinski definition) is 0. The molecule has 0 atom stereocenters. The summed E-state index contributed by atoms with van der Waals surface area (Å²) in [5, 5.41) is 0. The smallest absolute Gasteiger partial charge is 0.0558 e. The van der Waals surface area contributed by atoms with Crippen LogP contribution >= 0.6 is 24.0 Å². The van der Waals surface area contributed by atoms with Gasteiger partial charge < -0.3 is 4.90 Å². The second kappa shape index (κ2) is 3.72. The Morgan fingerprint density at radius 3 is 2.57 bits per heavy atom. The largest absolute Gasteiger partial charge is 0.365 e. The Kier molecular flexibility index (Phi) is 3.14. The maximum atomic E-state index is 2.38. The average Bonchev–Trinajstić information content (AvgIpc) is 2.30. The Balaban J connectivity index is 0.000000980. The molecule has 0 aromatic rings. The Morgan fingerprint density at radius 1 is 1.36 bits per heavy atom. The molecule has 1 heterocycles. The zero-order valence-electron chi connectivity index (χ0n) is 9.29. The lowest BCUT2D eigenvalue weighted by molar-refractivity contribution is 0.274. The molecule has 78 valence electrons. The monoisotopic (exact) mass is 303 g/mol. The first-order valence-corrected chi connectivity index (χ1v) is 4.86. The predicted molar refractivity (Wildman–Crippen MR) is 71.8 cm³/mol. The zero-order chi connectivity index (χ0) is 9.64. The SMILES string of the molecule is CC1=C2CC=CC=C2N(C)C1(C)C.I. The first kappa shape index (κ1) is 11.8. The van der Waals surface area contributed by atoms with Gasteiger partial charge in [-0.25, -0.2) is 0 Å². The lowest BCUT2D eigenvalue weighted by atomic mass is 9.93. The summed E-state index contributed by atoms with van der Waals surface area (Å²) >= 11 is 0. The number of fused-ring (bicyclic) bond motifs is 1. The molecule has 2 rings (SSSR count). The fourth-order valence-electron chi connectivity index (χ4n) is 2.13. The Bertz CT molecular complexity index is 331. The molecule has 0 aromatic carbocycles. The topological polar surface area (TPSA) is 3.24 Å². The Morgan fingerprint density at radius 2 is 2.00 bits per heavy atom. The van der Waals surface area contributed by atoms with Gasteiger partial charge in [-0.05, 0) is 44.4 Å². The van der Waals surface area contributed by atoms with E-state index in [9.17, 15) is 0 Å². The third-order valence-corrected chi connectivity index (χ3v) is 3.59. The van der Waals surface area contributed by atoms with Gasteiger partial charge in [0.1, 0.15) is 0 Å². The lowest BCUT2D eigenvalue weighted by Gasteiger charge is -2.32. The summed E-state index contributed by atoms with van der Waals surface area (Å²) in [5.41, 5.74) is 4.65. The molecule has 2 aliphatic rings. The molecule has 1 aliphatic heterocycles. The van der Waals surface area contributed by atoms with Gasteiger partial charge in [-0.2, -0.15) is 0 Å². The van der Waals surface area contributed by atoms with Crippen molar-refractivity contribution in [2.75, 3.05) is 7.05 Å². The second-order valence-corrected chi connectivity index (χ2v) is 4.41. The van der Waals surface area contributed by atoms with Crippen molar-refractivity contribution in [1.82, 2.24) is 4.90 Å². The highest BCUT2D eigenvalue weighted by Gasteiger charge is 2.37. The average molecular weight is 303 g/mol. The van der Waals surface area contributed by atoms with Crippen LogP contribution in [0.4, 0.5) is 0 Å². The van der Waals surface area contributed by atoms with Gasteiger partial charge in [-0.1, -0.05) is 12.2 Å². The van der Waals surface area contributed by atoms with Crippen molar-refractivity contribution in [1.29, 1.82) is 0 Å². The van der Waals surface area contributed by atoms with Crippen LogP contribution in [0.15, 0.2) is 35.1 Å². The van der Waals surface area contributed by atoms with E-state index in [1.165, 1.54) is 16.8 Å². The summed E-state index contributed by atoms with van der Waals surface area (Å²) in [6.07, 6.45) is 7.71. The van der Waals surface area contributed by atoms with Crippen LogP contribution in [0.3, 0.4) is 0 Å². The van der Waals surface area contributed by atoms with Crippen molar-refractivity contribution in [3.8, 4) is 0 Å². The molecule has 1 nitrogen and oxygen atoms in total. The summed E-state index contributed by atoms with van der Waals surface area (Å²) in [6, 6.07) is 0. The molecule has 0 bridgehead atoms. The van der Waals surface area contributed by atoms with Crippen molar-refractivity contribution in [2.45, 2.75) is 32.7 Å². The Labute approximate surface area is 104 Å². The van der Waals surface area contributed by atoms with E-state index in [0.717, 1.165) is 6.42 Å². The van der Waals surface area contributed by atoms with E-state index in [-0.39, 0.29) is 29.5 Å². The van der Waals surface area contributed by atoms with Crippen LogP contribution in [-0.4, -0.2) is 17.5 Å². The fourth-order valence-corrected chi connectivity index (χ4v) is 2.13. The van der Waals surface area contributed by atoms with Crippen molar-refractivity contribution in [2.24, 2.45) is 0 Å². The molecule has 0 aromatic heterocycles. The molecular weight excluding hydrogens is 285 g/mol. The summed E-state index contributed by atoms with van der Waals surface area (Å²) in [4.78, 5) is 2.38. The second-order valence-electron chi connectivity index (χ2n) is 4.41. The number of hydrogen-bond acceptors (Lipinski definition) is 1. The number of nitrogens with zero attached hydrogens (tertiary/aromatic N) is 1. The molecule has 0 radical (unpaired) electrons. The van der Waals surface area contributed by atoms with E-state index < -0.39 is 0 Å². The molecule has 0 saturated heterocycles. The van der Waals surface area contributed by atoms with Gasteiger partial charge in [0, 0.05) is 12.7 Å². The predicted octanol–water partition coefficient (Wildman–Crippen LogP) is 3.49. The van der Waals surface area contributed by atoms with E-state index >= 15 is 0 Å². The minimum Gasteiger partial charge on any atom is -0.365 e. The van der Waals surface area contributed by atoms with E-state index in [1.54, 1.807) is 0 Å². The lowest BCUT2D eigenvalue weighted by Crippen LogP contribution is -2.36. The van der Waals surface area contributed by atoms with Gasteiger partial charge in [0.05, 0.1) is 5.54 Å². The van der Waals surface area contributed by atoms with Crippen LogP contribution in [0.2, 0.25) is 0 Å². The highest BCUT2D eigenvalue weighted by Crippen LogP contribution is 2.42. The number of halogens is 1. The van der Waals surface area contributed by atoms with Crippen molar-refractivity contribution >= 4 is 24.0 Å². The van der Waals surface area contributed by atoms with Gasteiger partial charge in [-0.15, -0.1) is 24.0 Å². The highest BCUT2D eigenvalue weighted by atomic mass is 127. The fraction of sp³-hybridized carbons (Fsp3) is 0.500. The zero-order valence-corrected chi connectivity index (χ0v) is 11.6. The number of likely N-dealkylation sites (N-methyl/N-ethyl adjacent to an activating group) is 1. The standard InChI is InChI=1S/C12H17N.HI/c1-9-10-7-5-6-8-11(10)13(4)12(9,2)3;/h5-6,8H,7H2,1-4H3;1H. The first-order valence-electron chi connectivity index (χ1n) is 4.86. The van der Waals surface area contributed by atoms with Gasteiger partial charge >= 0.3 is 0 Å². The van der Waals surface area contributed by atoms with Crippen molar-refractivity contribution in [3.63, 3.8) is 0 Å². The van der Waals surface area contributed by atoms with Crippen LogP contribution < -0.4 is 0 Å². The first-order chi connectivity index (χ1) is 6.05. The normalized spacial score (nSPS) is 23.1. The molecule has 2 heteroatoms. The molecule has 0 amide bonds. The molecule has 0 unspecified atom stereocenters. The number of rotatable bonds is 0. The summed E-state index contributed by atoms with van der Waals surface area (Å²) < 4.78 is 0. The molecule has 0 N–H and O–H groups in total. The van der Waals surface area contributed by atoms with Crippen LogP contribution in [0.25, 0.3) is 0 Å². The van der Waals surface area contributed by atoms with Gasteiger partial charge in [0.15, 0.2) is 0 Å². The summed E-state index contributed by atoms with van der Waals surface area (Å²) in [5.74, 6) is 0. The molecule has 0 saturated carbocycles. The van der Waals surface area contributed by atoms with E-state index in [0.29, 0.717) is 0 Å². The molecule has 0 fully saturated rings. The van der Waals surface area contributed by atoms with Crippen LogP contribution in [0.1, 0.15) is 27.2 Å². The third kappa shape index (κ3) is 1.44. The van der Waals surface area contributed by atoms with Crippen LogP contribution in [0.5, 0.6) is 0 Å². The van der Waals surface area contributed by atoms with E-state index in [2.05, 4.69) is 50.9 Å². The minimum atomic E-state index is 0. The highest BCUT2D eigenvalue weighted by molar-refractivity contribution is 14.0. The quantitative estimate of drug-likeness (QED) is 0.619. The van der Waals surface area contributed by atoms with Gasteiger partial charge in [0.2, 0.25) is 0 Å².